The maximum absolute atomic E-state index is 12.7. The number of hydrogen-bond acceptors (Lipinski definition) is 6. The third kappa shape index (κ3) is 3.38. The van der Waals surface area contributed by atoms with E-state index >= 15 is 0 Å². The number of nitrogens with one attached hydrogen (secondary N) is 1. The van der Waals surface area contributed by atoms with Crippen molar-refractivity contribution >= 4 is 44.2 Å². The molecule has 7 nitrogen and oxygen atoms in total. The number of rotatable bonds is 5. The van der Waals surface area contributed by atoms with E-state index in [1.54, 1.807) is 31.3 Å². The van der Waals surface area contributed by atoms with Crippen molar-refractivity contribution in [2.24, 2.45) is 5.92 Å². The molecule has 2 heterocycles. The van der Waals surface area contributed by atoms with E-state index in [9.17, 15) is 9.59 Å². The maximum atomic E-state index is 12.7. The number of fused-ring (bicyclic) bond motifs is 1. The average molecular weight is 397 g/mol. The summed E-state index contributed by atoms with van der Waals surface area (Å²) in [4.78, 5) is 31.2. The third-order valence-corrected chi connectivity index (χ3v) is 5.65. The molecule has 3 aromatic rings. The van der Waals surface area contributed by atoms with Crippen molar-refractivity contribution in [2.75, 3.05) is 31.0 Å². The van der Waals surface area contributed by atoms with E-state index in [4.69, 9.17) is 9.47 Å². The third-order valence-electron chi connectivity index (χ3n) is 4.71. The summed E-state index contributed by atoms with van der Waals surface area (Å²) in [5.41, 5.74) is 1.47. The summed E-state index contributed by atoms with van der Waals surface area (Å²) in [5, 5.41) is 3.35. The Bertz CT molecular complexity index is 1030. The van der Waals surface area contributed by atoms with Crippen LogP contribution < -0.4 is 19.7 Å². The number of ether oxygens (including phenoxy) is 2. The molecule has 144 valence electrons. The van der Waals surface area contributed by atoms with Crippen molar-refractivity contribution in [3.63, 3.8) is 0 Å². The van der Waals surface area contributed by atoms with Crippen LogP contribution in [0.25, 0.3) is 10.2 Å². The van der Waals surface area contributed by atoms with Gasteiger partial charge in [0.05, 0.1) is 24.8 Å². The Morgan fingerprint density at radius 3 is 2.68 bits per heavy atom. The van der Waals surface area contributed by atoms with Crippen molar-refractivity contribution in [2.45, 2.75) is 6.42 Å². The summed E-state index contributed by atoms with van der Waals surface area (Å²) < 4.78 is 11.4. The Balaban J connectivity index is 1.47. The Kier molecular flexibility index (Phi) is 4.87. The van der Waals surface area contributed by atoms with Gasteiger partial charge in [-0.1, -0.05) is 17.4 Å². The molecule has 2 aromatic carbocycles. The first-order chi connectivity index (χ1) is 13.6. The van der Waals surface area contributed by atoms with Crippen LogP contribution in [0.1, 0.15) is 6.42 Å². The fraction of sp³-hybridized carbons (Fsp3) is 0.250. The smallest absolute Gasteiger partial charge is 0.231 e. The maximum Gasteiger partial charge on any atom is 0.231 e. The van der Waals surface area contributed by atoms with Gasteiger partial charge in [0.15, 0.2) is 5.13 Å². The van der Waals surface area contributed by atoms with Gasteiger partial charge in [0, 0.05) is 18.7 Å². The second-order valence-corrected chi connectivity index (χ2v) is 7.45. The lowest BCUT2D eigenvalue weighted by Crippen LogP contribution is -2.28. The van der Waals surface area contributed by atoms with E-state index in [0.717, 1.165) is 16.1 Å². The van der Waals surface area contributed by atoms with Gasteiger partial charge in [-0.3, -0.25) is 9.59 Å². The van der Waals surface area contributed by atoms with Gasteiger partial charge in [-0.15, -0.1) is 0 Å². The van der Waals surface area contributed by atoms with E-state index in [0.29, 0.717) is 22.9 Å². The number of carbonyl (C=O) groups excluding carboxylic acids is 2. The number of benzene rings is 2. The first kappa shape index (κ1) is 18.2. The van der Waals surface area contributed by atoms with Crippen LogP contribution in [0.4, 0.5) is 10.8 Å². The van der Waals surface area contributed by atoms with Gasteiger partial charge in [-0.25, -0.2) is 4.98 Å². The van der Waals surface area contributed by atoms with Gasteiger partial charge in [-0.05, 0) is 36.4 Å². The standard InChI is InChI=1S/C20H19N3O4S/c1-26-14-8-6-13(7-9-14)23-11-12(10-17(23)24)19(25)22-20-21-18-15(27-2)4-3-5-16(18)28-20/h3-9,12H,10-11H2,1-2H3,(H,21,22,25). The van der Waals surface area contributed by atoms with Gasteiger partial charge in [0.2, 0.25) is 11.8 Å². The van der Waals surface area contributed by atoms with Gasteiger partial charge >= 0.3 is 0 Å². The van der Waals surface area contributed by atoms with Crippen LogP contribution in [0.5, 0.6) is 11.5 Å². The second kappa shape index (κ2) is 7.47. The molecule has 0 spiro atoms. The van der Waals surface area contributed by atoms with Gasteiger partial charge in [0.1, 0.15) is 17.0 Å². The molecule has 0 saturated carbocycles. The lowest BCUT2D eigenvalue weighted by molar-refractivity contribution is -0.122. The second-order valence-electron chi connectivity index (χ2n) is 6.42. The SMILES string of the molecule is COc1ccc(N2CC(C(=O)Nc3nc4c(OC)cccc4s3)CC2=O)cc1. The minimum absolute atomic E-state index is 0.0729. The molecule has 0 radical (unpaired) electrons. The minimum atomic E-state index is -0.427. The van der Waals surface area contributed by atoms with E-state index in [1.165, 1.54) is 11.3 Å². The molecule has 1 saturated heterocycles. The minimum Gasteiger partial charge on any atom is -0.497 e. The normalized spacial score (nSPS) is 16.4. The zero-order chi connectivity index (χ0) is 19.7. The zero-order valence-electron chi connectivity index (χ0n) is 15.5. The van der Waals surface area contributed by atoms with Crippen LogP contribution in [-0.4, -0.2) is 37.6 Å². The molecule has 4 rings (SSSR count). The molecule has 1 atom stereocenters. The van der Waals surface area contributed by atoms with Crippen molar-refractivity contribution in [1.29, 1.82) is 0 Å². The highest BCUT2D eigenvalue weighted by Gasteiger charge is 2.35. The zero-order valence-corrected chi connectivity index (χ0v) is 16.3. The van der Waals surface area contributed by atoms with Crippen LogP contribution >= 0.6 is 11.3 Å². The Labute approximate surface area is 165 Å². The number of carbonyl (C=O) groups is 2. The van der Waals surface area contributed by atoms with Crippen molar-refractivity contribution < 1.29 is 19.1 Å². The summed E-state index contributed by atoms with van der Waals surface area (Å²) in [6.07, 6.45) is 0.173. The quantitative estimate of drug-likeness (QED) is 0.714. The molecule has 0 aliphatic carbocycles. The number of hydrogen-bond donors (Lipinski definition) is 1. The number of anilines is 2. The van der Waals surface area contributed by atoms with Crippen LogP contribution in [0.3, 0.4) is 0 Å². The molecule has 1 aromatic heterocycles. The van der Waals surface area contributed by atoms with Crippen molar-refractivity contribution in [3.05, 3.63) is 42.5 Å². The Morgan fingerprint density at radius 2 is 1.96 bits per heavy atom. The van der Waals surface area contributed by atoms with Crippen LogP contribution in [0.2, 0.25) is 0 Å². The average Bonchev–Trinajstić information content (AvgIpc) is 3.30. The summed E-state index contributed by atoms with van der Waals surface area (Å²) in [7, 11) is 3.18. The molecule has 8 heteroatoms. The lowest BCUT2D eigenvalue weighted by Gasteiger charge is -2.16. The lowest BCUT2D eigenvalue weighted by atomic mass is 10.1. The number of thiazole rings is 1. The summed E-state index contributed by atoms with van der Waals surface area (Å²) >= 11 is 1.38. The number of nitrogens with zero attached hydrogens (tertiary/aromatic N) is 2. The predicted molar refractivity (Wildman–Crippen MR) is 108 cm³/mol. The highest BCUT2D eigenvalue weighted by Crippen LogP contribution is 2.33. The number of methoxy groups -OCH3 is 2. The summed E-state index contributed by atoms with van der Waals surface area (Å²) in [6, 6.07) is 12.9. The van der Waals surface area contributed by atoms with E-state index in [2.05, 4.69) is 10.3 Å². The van der Waals surface area contributed by atoms with Gasteiger partial charge in [-0.2, -0.15) is 0 Å². The molecule has 2 amide bonds. The number of para-hydroxylation sites is 1. The summed E-state index contributed by atoms with van der Waals surface area (Å²) in [5.74, 6) is 0.675. The first-order valence-corrected chi connectivity index (χ1v) is 9.59. The molecule has 1 N–H and O–H groups in total. The van der Waals surface area contributed by atoms with E-state index in [-0.39, 0.29) is 18.2 Å². The highest BCUT2D eigenvalue weighted by atomic mass is 32.1. The van der Waals surface area contributed by atoms with Crippen LogP contribution in [0.15, 0.2) is 42.5 Å². The molecule has 28 heavy (non-hydrogen) atoms. The Morgan fingerprint density at radius 1 is 1.18 bits per heavy atom. The van der Waals surface area contributed by atoms with Crippen molar-refractivity contribution in [3.8, 4) is 11.5 Å². The topological polar surface area (TPSA) is 80.8 Å². The van der Waals surface area contributed by atoms with Crippen LogP contribution in [0, 0.1) is 5.92 Å². The molecular weight excluding hydrogens is 378 g/mol. The monoisotopic (exact) mass is 397 g/mol. The largest absolute Gasteiger partial charge is 0.497 e. The van der Waals surface area contributed by atoms with Crippen LogP contribution in [-0.2, 0) is 9.59 Å². The Hall–Kier alpha value is -3.13. The molecule has 1 aliphatic heterocycles. The first-order valence-electron chi connectivity index (χ1n) is 8.78. The predicted octanol–water partition coefficient (Wildman–Crippen LogP) is 3.31. The summed E-state index contributed by atoms with van der Waals surface area (Å²) in [6.45, 7) is 0.339. The fourth-order valence-electron chi connectivity index (χ4n) is 3.24. The van der Waals surface area contributed by atoms with E-state index < -0.39 is 5.92 Å². The molecule has 0 bridgehead atoms. The fourth-order valence-corrected chi connectivity index (χ4v) is 4.13. The van der Waals surface area contributed by atoms with Gasteiger partial charge in [0.25, 0.3) is 0 Å². The molecule has 1 aliphatic rings. The van der Waals surface area contributed by atoms with Crippen molar-refractivity contribution in [1.82, 2.24) is 4.98 Å². The molecule has 1 unspecified atom stereocenters. The number of aromatic nitrogens is 1. The highest BCUT2D eigenvalue weighted by molar-refractivity contribution is 7.22. The molecule has 1 fully saturated rings. The van der Waals surface area contributed by atoms with E-state index in [1.807, 2.05) is 30.3 Å². The number of amides is 2. The van der Waals surface area contributed by atoms with Gasteiger partial charge < -0.3 is 19.7 Å². The molecular formula is C20H19N3O4S.